The number of nitrogen functional groups attached to an aromatic ring is 2. The molecule has 108 valence electrons. The van der Waals surface area contributed by atoms with Crippen LogP contribution >= 0.6 is 0 Å². The highest BCUT2D eigenvalue weighted by Gasteiger charge is 2.69. The number of nitrogens with two attached hydrogens (primary N) is 2. The largest absolute Gasteiger partial charge is 0.483 e. The van der Waals surface area contributed by atoms with E-state index in [-0.39, 0.29) is 11.4 Å². The lowest BCUT2D eigenvalue weighted by Crippen LogP contribution is -2.50. The lowest BCUT2D eigenvalue weighted by atomic mass is 10.2. The molecule has 0 aliphatic heterocycles. The number of hydrogen-bond acceptors (Lipinski definition) is 5. The lowest BCUT2D eigenvalue weighted by molar-refractivity contribution is -0.274. The molecular weight excluding hydrogens is 296 g/mol. The molecule has 5 N–H and O–H groups in total. The Morgan fingerprint density at radius 3 is 1.84 bits per heavy atom. The van der Waals surface area contributed by atoms with E-state index in [0.717, 1.165) is 18.2 Å². The van der Waals surface area contributed by atoms with Gasteiger partial charge in [0.2, 0.25) is 0 Å². The van der Waals surface area contributed by atoms with Gasteiger partial charge in [-0.25, -0.2) is 0 Å². The normalized spacial score (nSPS) is 13.3. The second-order valence-corrected chi connectivity index (χ2v) is 4.91. The molecule has 6 nitrogen and oxygen atoms in total. The van der Waals surface area contributed by atoms with Crippen molar-refractivity contribution in [3.63, 3.8) is 0 Å². The van der Waals surface area contributed by atoms with Crippen molar-refractivity contribution in [1.29, 1.82) is 0 Å². The summed E-state index contributed by atoms with van der Waals surface area (Å²) < 4.78 is 83.8. The van der Waals surface area contributed by atoms with E-state index in [1.807, 2.05) is 0 Å². The van der Waals surface area contributed by atoms with Crippen molar-refractivity contribution in [1.82, 2.24) is 0 Å². The van der Waals surface area contributed by atoms with Crippen molar-refractivity contribution in [3.05, 3.63) is 18.2 Å². The summed E-state index contributed by atoms with van der Waals surface area (Å²) in [4.78, 5) is 0. The van der Waals surface area contributed by atoms with Gasteiger partial charge in [0, 0.05) is 23.5 Å². The smallest absolute Gasteiger partial charge is 0.427 e. The molecule has 0 spiro atoms. The molecule has 0 saturated heterocycles. The van der Waals surface area contributed by atoms with Gasteiger partial charge in [0.15, 0.2) is 0 Å². The van der Waals surface area contributed by atoms with Gasteiger partial charge < -0.3 is 16.2 Å². The fourth-order valence-electron chi connectivity index (χ4n) is 1.06. The number of hydrogen-bond donors (Lipinski definition) is 3. The zero-order valence-electron chi connectivity index (χ0n) is 8.98. The Morgan fingerprint density at radius 2 is 1.47 bits per heavy atom. The minimum Gasteiger partial charge on any atom is -0.427 e. The lowest BCUT2D eigenvalue weighted by Gasteiger charge is -2.24. The molecule has 0 unspecified atom stereocenters. The van der Waals surface area contributed by atoms with Gasteiger partial charge in [0.05, 0.1) is 0 Å². The standard InChI is InChI=1S/C8H8F4N2O4S/c9-7(10,8(11,12)19(15,16)17)18-6-2-4(13)1-5(14)3-6/h1-3H,13-14H2,(H,15,16,17). The number of rotatable bonds is 4. The van der Waals surface area contributed by atoms with Crippen LogP contribution in [0.3, 0.4) is 0 Å². The molecule has 0 amide bonds. The summed E-state index contributed by atoms with van der Waals surface area (Å²) in [6.45, 7) is 0. The van der Waals surface area contributed by atoms with Gasteiger partial charge in [-0.2, -0.15) is 26.0 Å². The van der Waals surface area contributed by atoms with Crippen molar-refractivity contribution in [2.75, 3.05) is 11.5 Å². The summed E-state index contributed by atoms with van der Waals surface area (Å²) in [5.41, 5.74) is 10.1. The topological polar surface area (TPSA) is 116 Å². The third-order valence-electron chi connectivity index (χ3n) is 1.86. The zero-order valence-corrected chi connectivity index (χ0v) is 9.80. The van der Waals surface area contributed by atoms with Crippen molar-refractivity contribution in [2.24, 2.45) is 0 Å². The highest BCUT2D eigenvalue weighted by atomic mass is 32.2. The fraction of sp³-hybridized carbons (Fsp3) is 0.250. The second-order valence-electron chi connectivity index (χ2n) is 3.45. The van der Waals surface area contributed by atoms with Crippen molar-refractivity contribution in [3.8, 4) is 5.75 Å². The molecule has 1 aromatic rings. The molecule has 0 fully saturated rings. The summed E-state index contributed by atoms with van der Waals surface area (Å²) >= 11 is 0. The molecule has 0 atom stereocenters. The van der Waals surface area contributed by atoms with E-state index in [1.165, 1.54) is 0 Å². The second kappa shape index (κ2) is 4.42. The molecule has 0 aliphatic rings. The molecule has 1 aromatic carbocycles. The van der Waals surface area contributed by atoms with E-state index in [9.17, 15) is 26.0 Å². The molecule has 1 rings (SSSR count). The minimum atomic E-state index is -6.37. The quantitative estimate of drug-likeness (QED) is 0.439. The fourth-order valence-corrected chi connectivity index (χ4v) is 1.40. The summed E-state index contributed by atoms with van der Waals surface area (Å²) in [6.07, 6.45) is -5.51. The van der Waals surface area contributed by atoms with Crippen LogP contribution < -0.4 is 16.2 Å². The first-order valence-electron chi connectivity index (χ1n) is 4.44. The monoisotopic (exact) mass is 304 g/mol. The van der Waals surface area contributed by atoms with Gasteiger partial charge in [-0.3, -0.25) is 4.55 Å². The van der Waals surface area contributed by atoms with E-state index in [1.54, 1.807) is 0 Å². The molecular formula is C8H8F4N2O4S. The number of halogens is 4. The Kier molecular flexibility index (Phi) is 3.56. The summed E-state index contributed by atoms with van der Waals surface area (Å²) in [7, 11) is -6.37. The van der Waals surface area contributed by atoms with E-state index >= 15 is 0 Å². The summed E-state index contributed by atoms with van der Waals surface area (Å²) in [5, 5.41) is -5.83. The average Bonchev–Trinajstić information content (AvgIpc) is 2.12. The van der Waals surface area contributed by atoms with E-state index in [2.05, 4.69) is 4.74 Å². The van der Waals surface area contributed by atoms with Gasteiger partial charge in [-0.1, -0.05) is 0 Å². The molecule has 0 radical (unpaired) electrons. The zero-order chi connectivity index (χ0) is 15.1. The SMILES string of the molecule is Nc1cc(N)cc(OC(F)(F)C(F)(F)S(=O)(=O)O)c1. The molecule has 0 aliphatic carbocycles. The van der Waals surface area contributed by atoms with Crippen LogP contribution in [0.5, 0.6) is 5.75 Å². The Labute approximate surface area is 104 Å². The van der Waals surface area contributed by atoms with Crippen LogP contribution in [0.4, 0.5) is 28.9 Å². The minimum absolute atomic E-state index is 0.166. The number of benzene rings is 1. The van der Waals surface area contributed by atoms with E-state index in [4.69, 9.17) is 16.0 Å². The Hall–Kier alpha value is -1.75. The van der Waals surface area contributed by atoms with Crippen LogP contribution in [-0.4, -0.2) is 24.3 Å². The van der Waals surface area contributed by atoms with E-state index < -0.39 is 27.2 Å². The highest BCUT2D eigenvalue weighted by molar-refractivity contribution is 7.86. The number of alkyl halides is 4. The molecule has 0 saturated carbocycles. The molecule has 0 heterocycles. The summed E-state index contributed by atoms with van der Waals surface area (Å²) in [5.74, 6) is -0.883. The van der Waals surface area contributed by atoms with Crippen LogP contribution in [0, 0.1) is 0 Å². The predicted molar refractivity (Wildman–Crippen MR) is 57.3 cm³/mol. The van der Waals surface area contributed by atoms with Gasteiger partial charge >= 0.3 is 21.5 Å². The maximum Gasteiger partial charge on any atom is 0.483 e. The molecule has 19 heavy (non-hydrogen) atoms. The van der Waals surface area contributed by atoms with Gasteiger partial charge in [0.1, 0.15) is 5.75 Å². The Bertz CT molecular complexity index is 570. The molecule has 0 aromatic heterocycles. The number of anilines is 2. The third kappa shape index (κ3) is 2.98. The molecule has 0 bridgehead atoms. The maximum absolute atomic E-state index is 13.1. The van der Waals surface area contributed by atoms with Crippen molar-refractivity contribution in [2.45, 2.75) is 11.4 Å². The van der Waals surface area contributed by atoms with Crippen LogP contribution in [0.1, 0.15) is 0 Å². The van der Waals surface area contributed by atoms with Crippen molar-refractivity contribution >= 4 is 21.5 Å². The predicted octanol–water partition coefficient (Wildman–Crippen LogP) is 1.30. The maximum atomic E-state index is 13.1. The van der Waals surface area contributed by atoms with Crippen LogP contribution in [0.25, 0.3) is 0 Å². The van der Waals surface area contributed by atoms with E-state index in [0.29, 0.717) is 0 Å². The molecule has 11 heteroatoms. The summed E-state index contributed by atoms with van der Waals surface area (Å²) in [6, 6.07) is 2.58. The third-order valence-corrected chi connectivity index (χ3v) is 2.75. The first-order chi connectivity index (χ1) is 8.37. The van der Waals surface area contributed by atoms with Crippen molar-refractivity contribution < 1.29 is 35.3 Å². The number of ether oxygens (including phenoxy) is 1. The van der Waals surface area contributed by atoms with Gasteiger partial charge in [-0.15, -0.1) is 0 Å². The Morgan fingerprint density at radius 1 is 1.05 bits per heavy atom. The first kappa shape index (κ1) is 15.3. The van der Waals surface area contributed by atoms with Gasteiger partial charge in [0.25, 0.3) is 0 Å². The van der Waals surface area contributed by atoms with Crippen LogP contribution in [-0.2, 0) is 10.1 Å². The first-order valence-corrected chi connectivity index (χ1v) is 5.88. The highest BCUT2D eigenvalue weighted by Crippen LogP contribution is 2.40. The average molecular weight is 304 g/mol. The van der Waals surface area contributed by atoms with Gasteiger partial charge in [-0.05, 0) is 6.07 Å². The van der Waals surface area contributed by atoms with Crippen LogP contribution in [0.15, 0.2) is 18.2 Å². The van der Waals surface area contributed by atoms with Crippen LogP contribution in [0.2, 0.25) is 0 Å². The Balaban J connectivity index is 3.16.